The number of amides is 1. The molecular formula is C31H42N8O3. The number of hydroxylamine groups is 1. The molecule has 11 heteroatoms. The molecule has 4 aliphatic rings. The van der Waals surface area contributed by atoms with Crippen molar-refractivity contribution in [1.82, 2.24) is 30.3 Å². The van der Waals surface area contributed by atoms with Crippen LogP contribution in [-0.4, -0.2) is 51.4 Å². The van der Waals surface area contributed by atoms with Crippen LogP contribution in [0.25, 0.3) is 11.2 Å². The van der Waals surface area contributed by atoms with Gasteiger partial charge in [0.1, 0.15) is 5.52 Å². The number of carbonyl (C=O) groups is 1. The summed E-state index contributed by atoms with van der Waals surface area (Å²) < 4.78 is 8.38. The largest absolute Gasteiger partial charge is 0.427 e. The van der Waals surface area contributed by atoms with Gasteiger partial charge in [-0.2, -0.15) is 4.98 Å². The van der Waals surface area contributed by atoms with E-state index in [-0.39, 0.29) is 12.1 Å². The van der Waals surface area contributed by atoms with Gasteiger partial charge in [0.2, 0.25) is 5.95 Å². The lowest BCUT2D eigenvalue weighted by Crippen LogP contribution is -2.41. The van der Waals surface area contributed by atoms with E-state index >= 15 is 0 Å². The minimum Gasteiger partial charge on any atom is -0.377 e. The summed E-state index contributed by atoms with van der Waals surface area (Å²) in [7, 11) is 0. The number of ether oxygens (including phenoxy) is 1. The van der Waals surface area contributed by atoms with Crippen LogP contribution in [0.2, 0.25) is 0 Å². The summed E-state index contributed by atoms with van der Waals surface area (Å²) in [6.45, 7) is 7.46. The van der Waals surface area contributed by atoms with Crippen molar-refractivity contribution in [2.75, 3.05) is 30.0 Å². The van der Waals surface area contributed by atoms with Crippen molar-refractivity contribution in [3.05, 3.63) is 41.7 Å². The first-order valence-electron chi connectivity index (χ1n) is 15.7. The lowest BCUT2D eigenvalue weighted by molar-refractivity contribution is 0.0927. The van der Waals surface area contributed by atoms with E-state index in [1.807, 2.05) is 0 Å². The molecule has 1 aromatic carbocycles. The Bertz CT molecular complexity index is 1400. The van der Waals surface area contributed by atoms with Crippen LogP contribution in [0.15, 0.2) is 30.3 Å². The third-order valence-corrected chi connectivity index (χ3v) is 9.76. The molecule has 4 heterocycles. The Morgan fingerprint density at radius 3 is 2.60 bits per heavy atom. The minimum atomic E-state index is -0.643. The maximum Gasteiger partial charge on any atom is 0.427 e. The highest BCUT2D eigenvalue weighted by atomic mass is 16.7. The third kappa shape index (κ3) is 5.40. The Balaban J connectivity index is 1.35. The first-order chi connectivity index (χ1) is 20.5. The third-order valence-electron chi connectivity index (χ3n) is 9.76. The summed E-state index contributed by atoms with van der Waals surface area (Å²) in [6.07, 6.45) is 7.47. The van der Waals surface area contributed by atoms with Crippen molar-refractivity contribution in [1.29, 1.82) is 0 Å². The number of carbonyl (C=O) groups excluding carboxylic acids is 1. The van der Waals surface area contributed by atoms with E-state index in [0.717, 1.165) is 36.3 Å². The standard InChI is InChI=1S/C31H42N8O3/c1-19-11-13-21(14-12-19)17-39-25-26(32-20(2)22-9-6-10-22)33-28(29-36-31(40)42-37-29)34-27(25)35-30(39)38-15-16-41-18-24(38)23-7-4-3-5-8-23/h3-5,7-8,19-22,24,29,37H,6,9-18H2,1-2H3,(H,36,40)(H,32,33,34)/t19?,20-,21?,24-,29?/m1/s1. The molecule has 0 bridgehead atoms. The molecule has 4 fully saturated rings. The van der Waals surface area contributed by atoms with Gasteiger partial charge in [-0.3, -0.25) is 5.32 Å². The molecule has 2 aliphatic carbocycles. The number of aromatic nitrogens is 4. The van der Waals surface area contributed by atoms with Crippen LogP contribution >= 0.6 is 0 Å². The van der Waals surface area contributed by atoms with Crippen LogP contribution < -0.4 is 21.0 Å². The average molecular weight is 575 g/mol. The second kappa shape index (κ2) is 11.7. The van der Waals surface area contributed by atoms with Crippen molar-refractivity contribution in [2.24, 2.45) is 17.8 Å². The van der Waals surface area contributed by atoms with Gasteiger partial charge in [-0.25, -0.2) is 14.8 Å². The number of anilines is 2. The number of nitrogens with one attached hydrogen (secondary N) is 3. The Kier molecular flexibility index (Phi) is 7.62. The van der Waals surface area contributed by atoms with E-state index in [0.29, 0.717) is 36.5 Å². The summed E-state index contributed by atoms with van der Waals surface area (Å²) in [5, 5.41) is 6.53. The van der Waals surface area contributed by atoms with E-state index < -0.39 is 12.3 Å². The lowest BCUT2D eigenvalue weighted by atomic mass is 9.80. The maximum atomic E-state index is 11.9. The monoisotopic (exact) mass is 574 g/mol. The molecule has 2 aromatic heterocycles. The number of hydrogen-bond acceptors (Lipinski definition) is 9. The molecule has 2 saturated heterocycles. The van der Waals surface area contributed by atoms with Crippen LogP contribution in [0.5, 0.6) is 0 Å². The predicted molar refractivity (Wildman–Crippen MR) is 160 cm³/mol. The van der Waals surface area contributed by atoms with Gasteiger partial charge < -0.3 is 24.4 Å². The zero-order valence-corrected chi connectivity index (χ0v) is 24.6. The highest BCUT2D eigenvalue weighted by Crippen LogP contribution is 2.38. The molecule has 3 aromatic rings. The van der Waals surface area contributed by atoms with Gasteiger partial charge in [-0.1, -0.05) is 56.5 Å². The number of rotatable bonds is 8. The SMILES string of the molecule is CC1CCC(Cn2c(N3CCOC[C@@H]3c3ccccc3)nc3nc(C4NOC(=O)N4)nc(N[C@H](C)C4CCC4)c32)CC1. The topological polar surface area (TPSA) is 118 Å². The molecular weight excluding hydrogens is 532 g/mol. The van der Waals surface area contributed by atoms with E-state index in [1.54, 1.807) is 0 Å². The number of benzene rings is 1. The van der Waals surface area contributed by atoms with Crippen LogP contribution in [0, 0.1) is 17.8 Å². The number of imidazole rings is 1. The van der Waals surface area contributed by atoms with Crippen LogP contribution in [0.3, 0.4) is 0 Å². The highest BCUT2D eigenvalue weighted by Gasteiger charge is 2.34. The number of nitrogens with zero attached hydrogens (tertiary/aromatic N) is 5. The second-order valence-electron chi connectivity index (χ2n) is 12.7. The molecule has 2 saturated carbocycles. The summed E-state index contributed by atoms with van der Waals surface area (Å²) in [4.78, 5) is 34.4. The van der Waals surface area contributed by atoms with Gasteiger partial charge in [0.25, 0.3) is 0 Å². The fraction of sp³-hybridized carbons (Fsp3) is 0.613. The number of morpholine rings is 1. The molecule has 3 atom stereocenters. The molecule has 1 unspecified atom stereocenters. The zero-order valence-electron chi connectivity index (χ0n) is 24.6. The summed E-state index contributed by atoms with van der Waals surface area (Å²) in [5.74, 6) is 4.07. The molecule has 0 spiro atoms. The van der Waals surface area contributed by atoms with Gasteiger partial charge in [-0.15, -0.1) is 5.48 Å². The van der Waals surface area contributed by atoms with Crippen molar-refractivity contribution in [2.45, 2.75) is 83.6 Å². The smallest absolute Gasteiger partial charge is 0.377 e. The maximum absolute atomic E-state index is 11.9. The van der Waals surface area contributed by atoms with Crippen molar-refractivity contribution < 1.29 is 14.4 Å². The van der Waals surface area contributed by atoms with E-state index in [2.05, 4.69) is 69.8 Å². The molecule has 3 N–H and O–H groups in total. The Labute approximate surface area is 246 Å². The second-order valence-corrected chi connectivity index (χ2v) is 12.7. The Morgan fingerprint density at radius 1 is 1.07 bits per heavy atom. The van der Waals surface area contributed by atoms with E-state index in [9.17, 15) is 4.79 Å². The van der Waals surface area contributed by atoms with Gasteiger partial charge in [0, 0.05) is 19.1 Å². The van der Waals surface area contributed by atoms with Gasteiger partial charge in [0.15, 0.2) is 23.5 Å². The average Bonchev–Trinajstić information content (AvgIpc) is 3.57. The Morgan fingerprint density at radius 2 is 1.88 bits per heavy atom. The normalized spacial score (nSPS) is 27.4. The molecule has 224 valence electrons. The summed E-state index contributed by atoms with van der Waals surface area (Å²) in [6, 6.07) is 10.9. The highest BCUT2D eigenvalue weighted by molar-refractivity contribution is 5.86. The van der Waals surface area contributed by atoms with Gasteiger partial charge in [-0.05, 0) is 55.9 Å². The van der Waals surface area contributed by atoms with Crippen molar-refractivity contribution in [3.63, 3.8) is 0 Å². The molecule has 7 rings (SSSR count). The van der Waals surface area contributed by atoms with Crippen LogP contribution in [-0.2, 0) is 16.1 Å². The zero-order chi connectivity index (χ0) is 28.6. The van der Waals surface area contributed by atoms with Crippen molar-refractivity contribution >= 4 is 29.0 Å². The van der Waals surface area contributed by atoms with Crippen molar-refractivity contribution in [3.8, 4) is 0 Å². The summed E-state index contributed by atoms with van der Waals surface area (Å²) in [5.41, 5.74) is 5.49. The lowest BCUT2D eigenvalue weighted by Gasteiger charge is -2.37. The molecule has 1 amide bonds. The minimum absolute atomic E-state index is 0.0452. The van der Waals surface area contributed by atoms with Gasteiger partial charge >= 0.3 is 6.09 Å². The summed E-state index contributed by atoms with van der Waals surface area (Å²) >= 11 is 0. The van der Waals surface area contributed by atoms with Crippen LogP contribution in [0.4, 0.5) is 16.6 Å². The van der Waals surface area contributed by atoms with Gasteiger partial charge in [0.05, 0.1) is 19.3 Å². The fourth-order valence-corrected chi connectivity index (χ4v) is 6.91. The quantitative estimate of drug-likeness (QED) is 0.339. The number of fused-ring (bicyclic) bond motifs is 1. The molecule has 2 aliphatic heterocycles. The molecule has 0 radical (unpaired) electrons. The molecule has 42 heavy (non-hydrogen) atoms. The Hall–Kier alpha value is -3.44. The fourth-order valence-electron chi connectivity index (χ4n) is 6.91. The number of hydrogen-bond donors (Lipinski definition) is 3. The van der Waals surface area contributed by atoms with E-state index in [1.165, 1.54) is 50.5 Å². The van der Waals surface area contributed by atoms with Crippen LogP contribution in [0.1, 0.15) is 82.4 Å². The molecule has 11 nitrogen and oxygen atoms in total. The first-order valence-corrected chi connectivity index (χ1v) is 15.7. The predicted octanol–water partition coefficient (Wildman–Crippen LogP) is 5.07. The first kappa shape index (κ1) is 27.4. The van der Waals surface area contributed by atoms with E-state index in [4.69, 9.17) is 24.5 Å².